The van der Waals surface area contributed by atoms with Crippen LogP contribution in [-0.2, 0) is 17.9 Å². The summed E-state index contributed by atoms with van der Waals surface area (Å²) in [6.07, 6.45) is 3.58. The standard InChI is InChI=1S/C22H24N2O4/c1-3-26-19-11-10-18(14-20(19)27-4-2)22(25)28-16-21-23-12-13-24(21)15-17-8-6-5-7-9-17/h5-14H,3-4,15-16H2,1-2H3. The number of imidazole rings is 1. The van der Waals surface area contributed by atoms with Crippen LogP contribution >= 0.6 is 0 Å². The summed E-state index contributed by atoms with van der Waals surface area (Å²) in [7, 11) is 0. The topological polar surface area (TPSA) is 62.6 Å². The molecule has 0 aliphatic heterocycles. The van der Waals surface area contributed by atoms with Crippen molar-refractivity contribution in [2.75, 3.05) is 13.2 Å². The molecule has 3 rings (SSSR count). The number of rotatable bonds is 9. The Morgan fingerprint density at radius 1 is 1.00 bits per heavy atom. The molecule has 0 aliphatic rings. The van der Waals surface area contributed by atoms with Gasteiger partial charge in [0.2, 0.25) is 0 Å². The van der Waals surface area contributed by atoms with E-state index in [1.165, 1.54) is 0 Å². The Labute approximate surface area is 164 Å². The highest BCUT2D eigenvalue weighted by Gasteiger charge is 2.14. The van der Waals surface area contributed by atoms with Gasteiger partial charge in [0.1, 0.15) is 12.4 Å². The second-order valence-corrected chi connectivity index (χ2v) is 6.06. The lowest BCUT2D eigenvalue weighted by molar-refractivity contribution is 0.0458. The van der Waals surface area contributed by atoms with Crippen molar-refractivity contribution in [3.8, 4) is 11.5 Å². The molecule has 146 valence electrons. The maximum atomic E-state index is 12.5. The van der Waals surface area contributed by atoms with E-state index >= 15 is 0 Å². The van der Waals surface area contributed by atoms with Crippen LogP contribution < -0.4 is 9.47 Å². The van der Waals surface area contributed by atoms with Crippen LogP contribution in [0.2, 0.25) is 0 Å². The number of aromatic nitrogens is 2. The van der Waals surface area contributed by atoms with Crippen molar-refractivity contribution in [1.82, 2.24) is 9.55 Å². The summed E-state index contributed by atoms with van der Waals surface area (Å²) in [5.74, 6) is 1.40. The summed E-state index contributed by atoms with van der Waals surface area (Å²) in [4.78, 5) is 16.8. The van der Waals surface area contributed by atoms with Gasteiger partial charge in [0.25, 0.3) is 0 Å². The third-order valence-corrected chi connectivity index (χ3v) is 4.11. The summed E-state index contributed by atoms with van der Waals surface area (Å²) < 4.78 is 18.5. The van der Waals surface area contributed by atoms with Crippen LogP contribution in [0.5, 0.6) is 11.5 Å². The fourth-order valence-corrected chi connectivity index (χ4v) is 2.80. The normalized spacial score (nSPS) is 10.5. The van der Waals surface area contributed by atoms with Gasteiger partial charge in [-0.15, -0.1) is 0 Å². The smallest absolute Gasteiger partial charge is 0.338 e. The van der Waals surface area contributed by atoms with Crippen molar-refractivity contribution in [3.63, 3.8) is 0 Å². The first-order valence-corrected chi connectivity index (χ1v) is 9.32. The highest BCUT2D eigenvalue weighted by atomic mass is 16.5. The molecular weight excluding hydrogens is 356 g/mol. The van der Waals surface area contributed by atoms with Gasteiger partial charge in [-0.1, -0.05) is 30.3 Å². The molecule has 28 heavy (non-hydrogen) atoms. The molecule has 0 fully saturated rings. The molecule has 2 aromatic carbocycles. The van der Waals surface area contributed by atoms with Crippen LogP contribution in [0.1, 0.15) is 35.6 Å². The van der Waals surface area contributed by atoms with Gasteiger partial charge in [-0.2, -0.15) is 0 Å². The molecule has 0 aliphatic carbocycles. The lowest BCUT2D eigenvalue weighted by Crippen LogP contribution is -2.11. The SMILES string of the molecule is CCOc1ccc(C(=O)OCc2nccn2Cc2ccccc2)cc1OCC. The van der Waals surface area contributed by atoms with E-state index in [1.807, 2.05) is 54.9 Å². The fraction of sp³-hybridized carbons (Fsp3) is 0.273. The number of ether oxygens (including phenoxy) is 3. The second-order valence-electron chi connectivity index (χ2n) is 6.06. The Balaban J connectivity index is 1.66. The van der Waals surface area contributed by atoms with Crippen LogP contribution in [0.3, 0.4) is 0 Å². The molecular formula is C22H24N2O4. The maximum Gasteiger partial charge on any atom is 0.338 e. The van der Waals surface area contributed by atoms with Crippen molar-refractivity contribution in [2.24, 2.45) is 0 Å². The van der Waals surface area contributed by atoms with Crippen molar-refractivity contribution < 1.29 is 19.0 Å². The van der Waals surface area contributed by atoms with E-state index in [1.54, 1.807) is 24.4 Å². The first-order valence-electron chi connectivity index (χ1n) is 9.32. The van der Waals surface area contributed by atoms with Crippen molar-refractivity contribution >= 4 is 5.97 Å². The van der Waals surface area contributed by atoms with Crippen LogP contribution in [0.25, 0.3) is 0 Å². The van der Waals surface area contributed by atoms with Crippen LogP contribution in [-0.4, -0.2) is 28.7 Å². The number of carbonyl (C=O) groups excluding carboxylic acids is 1. The monoisotopic (exact) mass is 380 g/mol. The predicted molar refractivity (Wildman–Crippen MR) is 106 cm³/mol. The minimum absolute atomic E-state index is 0.0931. The van der Waals surface area contributed by atoms with E-state index in [2.05, 4.69) is 4.98 Å². The molecule has 0 radical (unpaired) electrons. The van der Waals surface area contributed by atoms with E-state index in [0.29, 0.717) is 42.6 Å². The molecule has 1 aromatic heterocycles. The van der Waals surface area contributed by atoms with Crippen LogP contribution in [0.15, 0.2) is 60.9 Å². The molecule has 0 spiro atoms. The van der Waals surface area contributed by atoms with E-state index in [9.17, 15) is 4.79 Å². The van der Waals surface area contributed by atoms with Gasteiger partial charge < -0.3 is 18.8 Å². The Kier molecular flexibility index (Phi) is 6.68. The fourth-order valence-electron chi connectivity index (χ4n) is 2.80. The first-order chi connectivity index (χ1) is 13.7. The number of nitrogens with zero attached hydrogens (tertiary/aromatic N) is 2. The number of esters is 1. The third kappa shape index (κ3) is 4.91. The highest BCUT2D eigenvalue weighted by molar-refractivity contribution is 5.90. The number of benzene rings is 2. The zero-order chi connectivity index (χ0) is 19.8. The molecule has 0 atom stereocenters. The van der Waals surface area contributed by atoms with Gasteiger partial charge in [0, 0.05) is 18.9 Å². The lowest BCUT2D eigenvalue weighted by atomic mass is 10.2. The number of carbonyl (C=O) groups is 1. The number of hydrogen-bond acceptors (Lipinski definition) is 5. The first kappa shape index (κ1) is 19.5. The van der Waals surface area contributed by atoms with Crippen LogP contribution in [0, 0.1) is 0 Å². The minimum Gasteiger partial charge on any atom is -0.490 e. The van der Waals surface area contributed by atoms with E-state index in [-0.39, 0.29) is 6.61 Å². The molecule has 0 bridgehead atoms. The summed E-state index contributed by atoms with van der Waals surface area (Å²) in [6, 6.07) is 15.1. The Hall–Kier alpha value is -3.28. The van der Waals surface area contributed by atoms with Gasteiger partial charge in [0.05, 0.1) is 18.8 Å². The van der Waals surface area contributed by atoms with Gasteiger partial charge in [0.15, 0.2) is 11.5 Å². The highest BCUT2D eigenvalue weighted by Crippen LogP contribution is 2.29. The van der Waals surface area contributed by atoms with Gasteiger partial charge in [-0.25, -0.2) is 9.78 Å². The van der Waals surface area contributed by atoms with Crippen molar-refractivity contribution in [2.45, 2.75) is 27.0 Å². The van der Waals surface area contributed by atoms with E-state index < -0.39 is 5.97 Å². The van der Waals surface area contributed by atoms with Crippen molar-refractivity contribution in [1.29, 1.82) is 0 Å². The summed E-state index contributed by atoms with van der Waals surface area (Å²) >= 11 is 0. The number of hydrogen-bond donors (Lipinski definition) is 0. The maximum absolute atomic E-state index is 12.5. The van der Waals surface area contributed by atoms with E-state index in [0.717, 1.165) is 5.56 Å². The van der Waals surface area contributed by atoms with Crippen LogP contribution in [0.4, 0.5) is 0 Å². The summed E-state index contributed by atoms with van der Waals surface area (Å²) in [6.45, 7) is 5.55. The zero-order valence-corrected chi connectivity index (χ0v) is 16.1. The zero-order valence-electron chi connectivity index (χ0n) is 16.1. The van der Waals surface area contributed by atoms with Gasteiger partial charge in [-0.05, 0) is 37.6 Å². The molecule has 6 heteroatoms. The Morgan fingerprint density at radius 2 is 1.75 bits per heavy atom. The minimum atomic E-state index is -0.432. The predicted octanol–water partition coefficient (Wildman–Crippen LogP) is 4.09. The second kappa shape index (κ2) is 9.60. The molecule has 1 heterocycles. The molecule has 0 amide bonds. The molecule has 3 aromatic rings. The molecule has 0 saturated carbocycles. The third-order valence-electron chi connectivity index (χ3n) is 4.11. The summed E-state index contributed by atoms with van der Waals surface area (Å²) in [5, 5.41) is 0. The average Bonchev–Trinajstić information content (AvgIpc) is 3.15. The quantitative estimate of drug-likeness (QED) is 0.523. The molecule has 6 nitrogen and oxygen atoms in total. The Morgan fingerprint density at radius 3 is 2.50 bits per heavy atom. The molecule has 0 N–H and O–H groups in total. The average molecular weight is 380 g/mol. The Bertz CT molecular complexity index is 906. The van der Waals surface area contributed by atoms with Gasteiger partial charge >= 0.3 is 5.97 Å². The van der Waals surface area contributed by atoms with Gasteiger partial charge in [-0.3, -0.25) is 0 Å². The summed E-state index contributed by atoms with van der Waals surface area (Å²) in [5.41, 5.74) is 1.56. The molecule has 0 saturated heterocycles. The lowest BCUT2D eigenvalue weighted by Gasteiger charge is -2.12. The molecule has 0 unspecified atom stereocenters. The van der Waals surface area contributed by atoms with E-state index in [4.69, 9.17) is 14.2 Å². The van der Waals surface area contributed by atoms with Crippen molar-refractivity contribution in [3.05, 3.63) is 77.9 Å². The largest absolute Gasteiger partial charge is 0.490 e.